The first kappa shape index (κ1) is 21.4. The Labute approximate surface area is 175 Å². The topological polar surface area (TPSA) is 90.3 Å². The lowest BCUT2D eigenvalue weighted by molar-refractivity contribution is -0.139. The van der Waals surface area contributed by atoms with Crippen LogP contribution in [0.25, 0.3) is 5.76 Å². The molecule has 158 valence electrons. The van der Waals surface area contributed by atoms with Crippen molar-refractivity contribution in [2.75, 3.05) is 34.3 Å². The number of carbonyl (C=O) groups is 2. The van der Waals surface area contributed by atoms with Gasteiger partial charge in [-0.2, -0.15) is 0 Å². The van der Waals surface area contributed by atoms with Crippen molar-refractivity contribution in [2.24, 2.45) is 0 Å². The van der Waals surface area contributed by atoms with Crippen molar-refractivity contribution in [1.29, 1.82) is 0 Å². The number of aromatic hydroxyl groups is 1. The summed E-state index contributed by atoms with van der Waals surface area (Å²) in [4.78, 5) is 29.2. The predicted octanol–water partition coefficient (Wildman–Crippen LogP) is 2.77. The van der Waals surface area contributed by atoms with E-state index in [1.807, 2.05) is 19.0 Å². The number of methoxy groups -OCH3 is 1. The minimum absolute atomic E-state index is 0.0145. The Morgan fingerprint density at radius 2 is 1.83 bits per heavy atom. The number of ketones is 1. The summed E-state index contributed by atoms with van der Waals surface area (Å²) in [5.41, 5.74) is 0.988. The quantitative estimate of drug-likeness (QED) is 0.414. The lowest BCUT2D eigenvalue weighted by atomic mass is 9.95. The Kier molecular flexibility index (Phi) is 6.42. The Hall–Kier alpha value is -3.32. The zero-order valence-electron chi connectivity index (χ0n) is 17.3. The number of amides is 1. The third kappa shape index (κ3) is 4.16. The molecule has 2 aromatic carbocycles. The normalized spacial score (nSPS) is 18.3. The van der Waals surface area contributed by atoms with Gasteiger partial charge in [-0.3, -0.25) is 9.59 Å². The SMILES string of the molecule is COc1ccc(C2/C(=C(/O)c3ccccc3)C(=O)C(=O)N2CCCN(C)C)cc1O. The van der Waals surface area contributed by atoms with Gasteiger partial charge in [-0.25, -0.2) is 0 Å². The Morgan fingerprint density at radius 3 is 2.43 bits per heavy atom. The molecule has 1 aliphatic rings. The Balaban J connectivity index is 2.11. The third-order valence-electron chi connectivity index (χ3n) is 5.11. The predicted molar refractivity (Wildman–Crippen MR) is 113 cm³/mol. The molecule has 7 heteroatoms. The van der Waals surface area contributed by atoms with Gasteiger partial charge in [0.25, 0.3) is 11.7 Å². The average Bonchev–Trinajstić information content (AvgIpc) is 2.98. The highest BCUT2D eigenvalue weighted by molar-refractivity contribution is 6.46. The zero-order chi connectivity index (χ0) is 21.8. The standard InChI is InChI=1S/C23H26N2O5/c1-24(2)12-7-13-25-20(16-10-11-18(30-3)17(26)14-16)19(22(28)23(25)29)21(27)15-8-5-4-6-9-15/h4-6,8-11,14,20,26-27H,7,12-13H2,1-3H3/b21-19-. The summed E-state index contributed by atoms with van der Waals surface area (Å²) in [6.45, 7) is 1.08. The van der Waals surface area contributed by atoms with Crippen LogP contribution in [0.1, 0.15) is 23.6 Å². The molecule has 1 fully saturated rings. The molecule has 7 nitrogen and oxygen atoms in total. The molecule has 0 spiro atoms. The first-order chi connectivity index (χ1) is 14.3. The van der Waals surface area contributed by atoms with E-state index in [1.165, 1.54) is 18.1 Å². The van der Waals surface area contributed by atoms with Crippen molar-refractivity contribution in [3.8, 4) is 11.5 Å². The molecular weight excluding hydrogens is 384 g/mol. The summed E-state index contributed by atoms with van der Waals surface area (Å²) < 4.78 is 5.10. The highest BCUT2D eigenvalue weighted by Gasteiger charge is 2.46. The first-order valence-electron chi connectivity index (χ1n) is 9.70. The molecule has 30 heavy (non-hydrogen) atoms. The van der Waals surface area contributed by atoms with Crippen LogP contribution >= 0.6 is 0 Å². The van der Waals surface area contributed by atoms with Gasteiger partial charge in [0.15, 0.2) is 11.5 Å². The molecule has 0 radical (unpaired) electrons. The van der Waals surface area contributed by atoms with Crippen LogP contribution < -0.4 is 4.74 Å². The minimum atomic E-state index is -0.802. The van der Waals surface area contributed by atoms with Crippen molar-refractivity contribution < 1.29 is 24.5 Å². The summed E-state index contributed by atoms with van der Waals surface area (Å²) in [5, 5.41) is 21.2. The number of ether oxygens (including phenoxy) is 1. The molecule has 0 aliphatic carbocycles. The van der Waals surface area contributed by atoms with Gasteiger partial charge in [-0.1, -0.05) is 36.4 Å². The van der Waals surface area contributed by atoms with E-state index in [-0.39, 0.29) is 22.8 Å². The maximum absolute atomic E-state index is 12.9. The summed E-state index contributed by atoms with van der Waals surface area (Å²) in [7, 11) is 5.31. The number of aliphatic hydroxyl groups excluding tert-OH is 1. The molecule has 1 unspecified atom stereocenters. The van der Waals surface area contributed by atoms with Gasteiger partial charge in [0, 0.05) is 12.1 Å². The van der Waals surface area contributed by atoms with Crippen LogP contribution in [0.15, 0.2) is 54.1 Å². The lowest BCUT2D eigenvalue weighted by Gasteiger charge is -2.26. The maximum atomic E-state index is 12.9. The van der Waals surface area contributed by atoms with Crippen molar-refractivity contribution >= 4 is 17.4 Å². The zero-order valence-corrected chi connectivity index (χ0v) is 17.3. The van der Waals surface area contributed by atoms with Gasteiger partial charge in [0.05, 0.1) is 18.7 Å². The van der Waals surface area contributed by atoms with Crippen LogP contribution in [-0.2, 0) is 9.59 Å². The Bertz CT molecular complexity index is 969. The van der Waals surface area contributed by atoms with Gasteiger partial charge >= 0.3 is 0 Å². The van der Waals surface area contributed by atoms with Crippen LogP contribution in [0.4, 0.5) is 0 Å². The number of phenols is 1. The highest BCUT2D eigenvalue weighted by Crippen LogP contribution is 2.41. The number of phenolic OH excluding ortho intramolecular Hbond substituents is 1. The highest BCUT2D eigenvalue weighted by atomic mass is 16.5. The second-order valence-electron chi connectivity index (χ2n) is 7.45. The number of Topliss-reactive ketones (excluding diaryl/α,β-unsaturated/α-hetero) is 1. The summed E-state index contributed by atoms with van der Waals surface area (Å²) in [5.74, 6) is -1.45. The van der Waals surface area contributed by atoms with Gasteiger partial charge in [-0.05, 0) is 44.8 Å². The largest absolute Gasteiger partial charge is 0.507 e. The number of likely N-dealkylation sites (tertiary alicyclic amines) is 1. The number of aliphatic hydroxyl groups is 1. The average molecular weight is 410 g/mol. The van der Waals surface area contributed by atoms with Crippen molar-refractivity contribution in [1.82, 2.24) is 9.80 Å². The molecule has 0 bridgehead atoms. The van der Waals surface area contributed by atoms with Crippen LogP contribution in [0.2, 0.25) is 0 Å². The van der Waals surface area contributed by atoms with Gasteiger partial charge in [-0.15, -0.1) is 0 Å². The summed E-state index contributed by atoms with van der Waals surface area (Å²) in [6, 6.07) is 12.6. The van der Waals surface area contributed by atoms with E-state index in [0.29, 0.717) is 24.1 Å². The molecule has 3 rings (SSSR count). The van der Waals surface area contributed by atoms with Crippen LogP contribution in [0, 0.1) is 0 Å². The van der Waals surface area contributed by atoms with Gasteiger partial charge in [0.2, 0.25) is 0 Å². The summed E-state index contributed by atoms with van der Waals surface area (Å²) >= 11 is 0. The molecule has 2 N–H and O–H groups in total. The van der Waals surface area contributed by atoms with E-state index in [4.69, 9.17) is 4.74 Å². The van der Waals surface area contributed by atoms with E-state index in [2.05, 4.69) is 0 Å². The van der Waals surface area contributed by atoms with Crippen LogP contribution in [-0.4, -0.2) is 66.0 Å². The van der Waals surface area contributed by atoms with E-state index < -0.39 is 17.7 Å². The third-order valence-corrected chi connectivity index (χ3v) is 5.11. The smallest absolute Gasteiger partial charge is 0.295 e. The number of hydrogen-bond acceptors (Lipinski definition) is 6. The fourth-order valence-corrected chi connectivity index (χ4v) is 3.64. The molecule has 1 heterocycles. The molecule has 1 amide bonds. The molecule has 1 aliphatic heterocycles. The van der Waals surface area contributed by atoms with E-state index >= 15 is 0 Å². The number of benzene rings is 2. The number of rotatable bonds is 7. The van der Waals surface area contributed by atoms with E-state index in [1.54, 1.807) is 42.5 Å². The number of nitrogens with zero attached hydrogens (tertiary/aromatic N) is 2. The molecule has 1 saturated heterocycles. The van der Waals surface area contributed by atoms with Crippen molar-refractivity contribution in [2.45, 2.75) is 12.5 Å². The number of hydrogen-bond donors (Lipinski definition) is 2. The Morgan fingerprint density at radius 1 is 1.13 bits per heavy atom. The van der Waals surface area contributed by atoms with Crippen molar-refractivity contribution in [3.63, 3.8) is 0 Å². The fraction of sp³-hybridized carbons (Fsp3) is 0.304. The monoisotopic (exact) mass is 410 g/mol. The summed E-state index contributed by atoms with van der Waals surface area (Å²) in [6.07, 6.45) is 0.657. The van der Waals surface area contributed by atoms with E-state index in [0.717, 1.165) is 6.54 Å². The van der Waals surface area contributed by atoms with E-state index in [9.17, 15) is 19.8 Å². The molecule has 0 saturated carbocycles. The van der Waals surface area contributed by atoms with Crippen molar-refractivity contribution in [3.05, 3.63) is 65.2 Å². The molecular formula is C23H26N2O5. The van der Waals surface area contributed by atoms with Crippen LogP contribution in [0.3, 0.4) is 0 Å². The van der Waals surface area contributed by atoms with Gasteiger partial charge in [0.1, 0.15) is 5.76 Å². The molecule has 0 aromatic heterocycles. The van der Waals surface area contributed by atoms with Gasteiger partial charge < -0.3 is 24.7 Å². The lowest BCUT2D eigenvalue weighted by Crippen LogP contribution is -2.32. The molecule has 1 atom stereocenters. The van der Waals surface area contributed by atoms with Crippen LogP contribution in [0.5, 0.6) is 11.5 Å². The fourth-order valence-electron chi connectivity index (χ4n) is 3.64. The second kappa shape index (κ2) is 9.00. The second-order valence-corrected chi connectivity index (χ2v) is 7.45. The molecule has 2 aromatic rings. The number of carbonyl (C=O) groups excluding carboxylic acids is 2. The first-order valence-corrected chi connectivity index (χ1v) is 9.70. The minimum Gasteiger partial charge on any atom is -0.507 e. The maximum Gasteiger partial charge on any atom is 0.295 e.